The van der Waals surface area contributed by atoms with Crippen LogP contribution >= 0.6 is 11.8 Å². The van der Waals surface area contributed by atoms with Gasteiger partial charge in [-0.15, -0.1) is 11.8 Å². The van der Waals surface area contributed by atoms with Crippen molar-refractivity contribution in [3.63, 3.8) is 0 Å². The van der Waals surface area contributed by atoms with Crippen molar-refractivity contribution < 1.29 is 23.5 Å². The van der Waals surface area contributed by atoms with Gasteiger partial charge >= 0.3 is 5.97 Å². The quantitative estimate of drug-likeness (QED) is 0.696. The summed E-state index contributed by atoms with van der Waals surface area (Å²) < 4.78 is 17.7. The fourth-order valence-electron chi connectivity index (χ4n) is 1.62. The van der Waals surface area contributed by atoms with Crippen molar-refractivity contribution in [2.24, 2.45) is 0 Å². The van der Waals surface area contributed by atoms with Gasteiger partial charge in [0.2, 0.25) is 5.91 Å². The first-order valence-corrected chi connectivity index (χ1v) is 8.46. The van der Waals surface area contributed by atoms with Crippen LogP contribution in [0.4, 0.5) is 10.1 Å². The molecule has 0 aromatic heterocycles. The number of halogens is 1. The van der Waals surface area contributed by atoms with E-state index in [1.54, 1.807) is 20.8 Å². The number of ether oxygens (including phenoxy) is 1. The van der Waals surface area contributed by atoms with E-state index < -0.39 is 11.2 Å². The zero-order valence-electron chi connectivity index (χ0n) is 13.8. The highest BCUT2D eigenvalue weighted by Gasteiger charge is 2.18. The lowest BCUT2D eigenvalue weighted by molar-refractivity contribution is -0.147. The highest BCUT2D eigenvalue weighted by molar-refractivity contribution is 8.01. The smallest absolute Gasteiger partial charge is 0.319 e. The summed E-state index contributed by atoms with van der Waals surface area (Å²) in [4.78, 5) is 34.9. The third-order valence-electron chi connectivity index (χ3n) is 2.72. The van der Waals surface area contributed by atoms with E-state index in [2.05, 4.69) is 10.6 Å². The molecule has 24 heavy (non-hydrogen) atoms. The molecule has 0 aliphatic rings. The maximum absolute atomic E-state index is 12.8. The molecule has 1 aromatic rings. The van der Waals surface area contributed by atoms with Crippen LogP contribution in [-0.2, 0) is 19.1 Å². The summed E-state index contributed by atoms with van der Waals surface area (Å²) in [6.45, 7) is 4.86. The Kier molecular flexibility index (Phi) is 8.25. The second-order valence-electron chi connectivity index (χ2n) is 5.34. The Morgan fingerprint density at radius 2 is 1.75 bits per heavy atom. The summed E-state index contributed by atoms with van der Waals surface area (Å²) in [5, 5.41) is 4.61. The molecule has 132 valence electrons. The molecule has 1 rings (SSSR count). The zero-order valence-corrected chi connectivity index (χ0v) is 14.6. The predicted octanol–water partition coefficient (Wildman–Crippen LogP) is 1.95. The summed E-state index contributed by atoms with van der Waals surface area (Å²) in [7, 11) is 0. The first-order valence-electron chi connectivity index (χ1n) is 7.41. The van der Waals surface area contributed by atoms with Crippen molar-refractivity contribution in [2.45, 2.75) is 32.1 Å². The zero-order chi connectivity index (χ0) is 18.1. The molecule has 0 fully saturated rings. The molecule has 0 aliphatic carbocycles. The highest BCUT2D eigenvalue weighted by atomic mass is 32.2. The van der Waals surface area contributed by atoms with E-state index >= 15 is 0 Å². The average Bonchev–Trinajstić information content (AvgIpc) is 2.51. The number of hydrogen-bond acceptors (Lipinski definition) is 5. The predicted molar refractivity (Wildman–Crippen MR) is 91.2 cm³/mol. The molecule has 0 radical (unpaired) electrons. The highest BCUT2D eigenvalue weighted by Crippen LogP contribution is 2.14. The first-order chi connectivity index (χ1) is 11.3. The molecule has 1 atom stereocenters. The maximum atomic E-state index is 12.8. The number of amides is 2. The Morgan fingerprint density at radius 3 is 2.33 bits per heavy atom. The van der Waals surface area contributed by atoms with Gasteiger partial charge in [-0.1, -0.05) is 0 Å². The number of carbonyl (C=O) groups excluding carboxylic acids is 3. The van der Waals surface area contributed by atoms with Crippen molar-refractivity contribution in [2.75, 3.05) is 17.7 Å². The monoisotopic (exact) mass is 356 g/mol. The largest absolute Gasteiger partial charge is 0.455 e. The molecule has 0 saturated carbocycles. The molecule has 0 saturated heterocycles. The number of hydrogen-bond donors (Lipinski definition) is 2. The molecule has 8 heteroatoms. The van der Waals surface area contributed by atoms with Gasteiger partial charge in [0.15, 0.2) is 6.61 Å². The number of thioether (sulfide) groups is 1. The number of nitrogens with one attached hydrogen (secondary N) is 2. The molecule has 2 amide bonds. The van der Waals surface area contributed by atoms with Gasteiger partial charge in [-0.2, -0.15) is 0 Å². The van der Waals surface area contributed by atoms with Gasteiger partial charge in [0.05, 0.1) is 5.75 Å². The van der Waals surface area contributed by atoms with Crippen LogP contribution in [0.25, 0.3) is 0 Å². The summed E-state index contributed by atoms with van der Waals surface area (Å²) >= 11 is 1.09. The second kappa shape index (κ2) is 9.92. The summed E-state index contributed by atoms with van der Waals surface area (Å²) in [6.07, 6.45) is 0. The third kappa shape index (κ3) is 7.96. The van der Waals surface area contributed by atoms with Gasteiger partial charge in [0.1, 0.15) is 11.1 Å². The molecule has 6 nitrogen and oxygen atoms in total. The van der Waals surface area contributed by atoms with Crippen LogP contribution in [0.5, 0.6) is 0 Å². The number of benzene rings is 1. The Labute approximate surface area is 144 Å². The van der Waals surface area contributed by atoms with Gasteiger partial charge in [0.25, 0.3) is 5.91 Å². The van der Waals surface area contributed by atoms with E-state index in [1.807, 2.05) is 0 Å². The first kappa shape index (κ1) is 20.0. The van der Waals surface area contributed by atoms with Crippen LogP contribution < -0.4 is 10.6 Å². The topological polar surface area (TPSA) is 84.5 Å². The maximum Gasteiger partial charge on any atom is 0.319 e. The Balaban J connectivity index is 2.29. The standard InChI is InChI=1S/C16H21FN2O4S/c1-10(2)18-14(20)8-23-16(22)11(3)24-9-15(21)19-13-6-4-12(17)5-7-13/h4-7,10-11H,8-9H2,1-3H3,(H,18,20)(H,19,21)/t11-/m1/s1. The minimum absolute atomic E-state index is 0.0295. The summed E-state index contributed by atoms with van der Waals surface area (Å²) in [5.74, 6) is -1.60. The number of carbonyl (C=O) groups is 3. The fraction of sp³-hybridized carbons (Fsp3) is 0.438. The SMILES string of the molecule is CC(C)NC(=O)COC(=O)[C@@H](C)SCC(=O)Nc1ccc(F)cc1. The minimum atomic E-state index is -0.587. The van der Waals surface area contributed by atoms with E-state index in [0.717, 1.165) is 11.8 Å². The lowest BCUT2D eigenvalue weighted by atomic mass is 10.3. The van der Waals surface area contributed by atoms with Gasteiger partial charge in [0, 0.05) is 11.7 Å². The van der Waals surface area contributed by atoms with E-state index in [9.17, 15) is 18.8 Å². The number of anilines is 1. The summed E-state index contributed by atoms with van der Waals surface area (Å²) in [6, 6.07) is 5.35. The van der Waals surface area contributed by atoms with Crippen LogP contribution in [0.3, 0.4) is 0 Å². The molecule has 0 spiro atoms. The van der Waals surface area contributed by atoms with Crippen LogP contribution in [0.15, 0.2) is 24.3 Å². The lowest BCUT2D eigenvalue weighted by Crippen LogP contribution is -2.35. The Hall–Kier alpha value is -2.09. The van der Waals surface area contributed by atoms with Crippen LogP contribution in [0.2, 0.25) is 0 Å². The molecule has 0 unspecified atom stereocenters. The van der Waals surface area contributed by atoms with Gasteiger partial charge < -0.3 is 15.4 Å². The number of esters is 1. The number of rotatable bonds is 8. The van der Waals surface area contributed by atoms with Gasteiger partial charge in [-0.05, 0) is 45.0 Å². The van der Waals surface area contributed by atoms with Crippen LogP contribution in [0, 0.1) is 5.82 Å². The summed E-state index contributed by atoms with van der Waals surface area (Å²) in [5.41, 5.74) is 0.475. The minimum Gasteiger partial charge on any atom is -0.455 e. The van der Waals surface area contributed by atoms with Crippen molar-refractivity contribution in [1.82, 2.24) is 5.32 Å². The average molecular weight is 356 g/mol. The van der Waals surface area contributed by atoms with Gasteiger partial charge in [-0.3, -0.25) is 14.4 Å². The van der Waals surface area contributed by atoms with Crippen LogP contribution in [-0.4, -0.2) is 41.4 Å². The molecule has 0 aliphatic heterocycles. The molecule has 1 aromatic carbocycles. The molecule has 2 N–H and O–H groups in total. The molecule has 0 heterocycles. The second-order valence-corrected chi connectivity index (χ2v) is 6.67. The van der Waals surface area contributed by atoms with Crippen molar-refractivity contribution in [3.05, 3.63) is 30.1 Å². The molecule has 0 bridgehead atoms. The normalized spacial score (nSPS) is 11.7. The van der Waals surface area contributed by atoms with E-state index in [1.165, 1.54) is 24.3 Å². The third-order valence-corrected chi connectivity index (χ3v) is 3.84. The molecular formula is C16H21FN2O4S. The van der Waals surface area contributed by atoms with Crippen LogP contribution in [0.1, 0.15) is 20.8 Å². The van der Waals surface area contributed by atoms with Crippen molar-refractivity contribution in [3.8, 4) is 0 Å². The van der Waals surface area contributed by atoms with Gasteiger partial charge in [-0.25, -0.2) is 4.39 Å². The van der Waals surface area contributed by atoms with Crippen molar-refractivity contribution >= 4 is 35.2 Å². The lowest BCUT2D eigenvalue weighted by Gasteiger charge is -2.12. The Bertz CT molecular complexity index is 578. The molecular weight excluding hydrogens is 335 g/mol. The Morgan fingerprint density at radius 1 is 1.12 bits per heavy atom. The fourth-order valence-corrected chi connectivity index (χ4v) is 2.29. The van der Waals surface area contributed by atoms with Crippen molar-refractivity contribution in [1.29, 1.82) is 0 Å². The van der Waals surface area contributed by atoms with E-state index in [-0.39, 0.29) is 36.0 Å². The van der Waals surface area contributed by atoms with E-state index in [4.69, 9.17) is 4.74 Å². The van der Waals surface area contributed by atoms with E-state index in [0.29, 0.717) is 5.69 Å².